The van der Waals surface area contributed by atoms with Crippen LogP contribution in [0.3, 0.4) is 0 Å². The quantitative estimate of drug-likeness (QED) is 0.868. The molecule has 2 rings (SSSR count). The van der Waals surface area contributed by atoms with E-state index in [0.29, 0.717) is 0 Å². The number of benzene rings is 1. The zero-order chi connectivity index (χ0) is 13.8. The number of piperidine rings is 1. The van der Waals surface area contributed by atoms with Crippen LogP contribution in [0.5, 0.6) is 0 Å². The fraction of sp³-hybridized carbons (Fsp3) is 0.533. The molecule has 1 fully saturated rings. The molecule has 1 aliphatic rings. The van der Waals surface area contributed by atoms with Crippen molar-refractivity contribution in [3.63, 3.8) is 0 Å². The second-order valence-corrected chi connectivity index (χ2v) is 5.29. The van der Waals surface area contributed by atoms with E-state index in [2.05, 4.69) is 36.1 Å². The Kier molecular flexibility index (Phi) is 4.43. The van der Waals surface area contributed by atoms with E-state index in [0.717, 1.165) is 43.6 Å². The van der Waals surface area contributed by atoms with Gasteiger partial charge in [0.2, 0.25) is 5.91 Å². The van der Waals surface area contributed by atoms with Crippen LogP contribution in [0.4, 0.5) is 5.69 Å². The minimum atomic E-state index is -0.186. The third-order valence-corrected chi connectivity index (χ3v) is 3.95. The fourth-order valence-electron chi connectivity index (χ4n) is 2.61. The van der Waals surface area contributed by atoms with Gasteiger partial charge in [0.15, 0.2) is 0 Å². The Labute approximate surface area is 114 Å². The van der Waals surface area contributed by atoms with E-state index in [1.165, 1.54) is 0 Å². The number of nitrogens with two attached hydrogens (primary N) is 2. The van der Waals surface area contributed by atoms with Crippen molar-refractivity contribution in [3.05, 3.63) is 29.8 Å². The summed E-state index contributed by atoms with van der Waals surface area (Å²) in [6.07, 6.45) is 2.86. The number of carbonyl (C=O) groups is 1. The van der Waals surface area contributed by atoms with Crippen LogP contribution < -0.4 is 16.4 Å². The van der Waals surface area contributed by atoms with Crippen molar-refractivity contribution in [2.45, 2.75) is 32.2 Å². The summed E-state index contributed by atoms with van der Waals surface area (Å²) in [5.41, 5.74) is 13.7. The van der Waals surface area contributed by atoms with Gasteiger partial charge in [0, 0.05) is 24.8 Å². The zero-order valence-electron chi connectivity index (χ0n) is 11.5. The highest BCUT2D eigenvalue weighted by Crippen LogP contribution is 2.24. The van der Waals surface area contributed by atoms with Gasteiger partial charge < -0.3 is 16.4 Å². The Hall–Kier alpha value is -1.55. The topological polar surface area (TPSA) is 72.3 Å². The lowest BCUT2D eigenvalue weighted by Gasteiger charge is -2.33. The number of carbonyl (C=O) groups excluding carboxylic acids is 1. The summed E-state index contributed by atoms with van der Waals surface area (Å²) >= 11 is 0. The summed E-state index contributed by atoms with van der Waals surface area (Å²) in [6, 6.07) is 8.45. The van der Waals surface area contributed by atoms with Crippen LogP contribution in [0.15, 0.2) is 24.3 Å². The Morgan fingerprint density at radius 3 is 2.68 bits per heavy atom. The number of anilines is 1. The second kappa shape index (κ2) is 6.06. The van der Waals surface area contributed by atoms with Crippen LogP contribution in [0, 0.1) is 5.92 Å². The molecule has 0 radical (unpaired) electrons. The molecule has 1 aromatic rings. The van der Waals surface area contributed by atoms with Gasteiger partial charge in [-0.1, -0.05) is 19.1 Å². The normalized spacial score (nSPS) is 21.2. The van der Waals surface area contributed by atoms with Gasteiger partial charge in [-0.15, -0.1) is 0 Å². The summed E-state index contributed by atoms with van der Waals surface area (Å²) in [5.74, 6) is -0.208. The molecule has 0 bridgehead atoms. The van der Waals surface area contributed by atoms with Gasteiger partial charge in [0.05, 0.1) is 5.92 Å². The maximum atomic E-state index is 11.3. The highest BCUT2D eigenvalue weighted by molar-refractivity contribution is 5.77. The average Bonchev–Trinajstić information content (AvgIpc) is 2.46. The van der Waals surface area contributed by atoms with Crippen LogP contribution >= 0.6 is 0 Å². The minimum Gasteiger partial charge on any atom is -0.371 e. The lowest BCUT2D eigenvalue weighted by atomic mass is 9.96. The number of hydrogen-bond donors (Lipinski definition) is 2. The fourth-order valence-corrected chi connectivity index (χ4v) is 2.61. The molecule has 1 heterocycles. The number of hydrogen-bond acceptors (Lipinski definition) is 3. The monoisotopic (exact) mass is 261 g/mol. The SMILES string of the molecule is CC[C@H](N)c1ccc(N2CCCC(C(N)=O)C2)cc1. The molecule has 1 unspecified atom stereocenters. The van der Waals surface area contributed by atoms with Crippen molar-refractivity contribution in [2.75, 3.05) is 18.0 Å². The lowest BCUT2D eigenvalue weighted by molar-refractivity contribution is -0.122. The van der Waals surface area contributed by atoms with Crippen LogP contribution in [0.25, 0.3) is 0 Å². The molecule has 0 aromatic heterocycles. The first kappa shape index (κ1) is 13.9. The van der Waals surface area contributed by atoms with Gasteiger partial charge in [-0.05, 0) is 37.0 Å². The van der Waals surface area contributed by atoms with Crippen molar-refractivity contribution in [2.24, 2.45) is 17.4 Å². The van der Waals surface area contributed by atoms with Crippen LogP contribution in [-0.2, 0) is 4.79 Å². The maximum absolute atomic E-state index is 11.3. The third-order valence-electron chi connectivity index (χ3n) is 3.95. The Morgan fingerprint density at radius 1 is 1.42 bits per heavy atom. The zero-order valence-corrected chi connectivity index (χ0v) is 11.5. The van der Waals surface area contributed by atoms with Gasteiger partial charge >= 0.3 is 0 Å². The van der Waals surface area contributed by atoms with Crippen molar-refractivity contribution in [1.29, 1.82) is 0 Å². The van der Waals surface area contributed by atoms with E-state index in [4.69, 9.17) is 11.5 Å². The van der Waals surface area contributed by atoms with Gasteiger partial charge in [-0.25, -0.2) is 0 Å². The molecule has 0 spiro atoms. The van der Waals surface area contributed by atoms with Crippen molar-refractivity contribution in [3.8, 4) is 0 Å². The van der Waals surface area contributed by atoms with E-state index in [9.17, 15) is 4.79 Å². The molecule has 0 aliphatic carbocycles. The summed E-state index contributed by atoms with van der Waals surface area (Å²) < 4.78 is 0. The first-order chi connectivity index (χ1) is 9.11. The Morgan fingerprint density at radius 2 is 2.11 bits per heavy atom. The highest BCUT2D eigenvalue weighted by atomic mass is 16.1. The van der Waals surface area contributed by atoms with Crippen molar-refractivity contribution in [1.82, 2.24) is 0 Å². The molecule has 1 aliphatic heterocycles. The smallest absolute Gasteiger partial charge is 0.222 e. The van der Waals surface area contributed by atoms with E-state index < -0.39 is 0 Å². The summed E-state index contributed by atoms with van der Waals surface area (Å²) in [4.78, 5) is 13.5. The van der Waals surface area contributed by atoms with Gasteiger partial charge in [0.1, 0.15) is 0 Å². The summed E-state index contributed by atoms with van der Waals surface area (Å²) in [5, 5.41) is 0. The lowest BCUT2D eigenvalue weighted by Crippen LogP contribution is -2.41. The predicted octanol–water partition coefficient (Wildman–Crippen LogP) is 1.80. The van der Waals surface area contributed by atoms with Crippen LogP contribution in [-0.4, -0.2) is 19.0 Å². The van der Waals surface area contributed by atoms with E-state index in [1.807, 2.05) is 0 Å². The standard InChI is InChI=1S/C15H23N3O/c1-2-14(16)11-5-7-13(8-6-11)18-9-3-4-12(10-18)15(17)19/h5-8,12,14H,2-4,9-10,16H2,1H3,(H2,17,19)/t12?,14-/m0/s1. The van der Waals surface area contributed by atoms with Crippen LogP contribution in [0.1, 0.15) is 37.8 Å². The largest absolute Gasteiger partial charge is 0.371 e. The van der Waals surface area contributed by atoms with E-state index in [-0.39, 0.29) is 17.9 Å². The Bertz CT molecular complexity index is 430. The number of primary amides is 1. The predicted molar refractivity (Wildman–Crippen MR) is 77.8 cm³/mol. The van der Waals surface area contributed by atoms with Crippen molar-refractivity contribution >= 4 is 11.6 Å². The molecule has 4 nitrogen and oxygen atoms in total. The van der Waals surface area contributed by atoms with Gasteiger partial charge in [-0.2, -0.15) is 0 Å². The molecule has 19 heavy (non-hydrogen) atoms. The first-order valence-electron chi connectivity index (χ1n) is 7.01. The van der Waals surface area contributed by atoms with Crippen molar-refractivity contribution < 1.29 is 4.79 Å². The molecule has 1 amide bonds. The molecule has 0 saturated carbocycles. The summed E-state index contributed by atoms with van der Waals surface area (Å²) in [6.45, 7) is 3.80. The molecule has 1 saturated heterocycles. The third kappa shape index (κ3) is 3.26. The molecule has 1 aromatic carbocycles. The molecule has 104 valence electrons. The average molecular weight is 261 g/mol. The van der Waals surface area contributed by atoms with E-state index in [1.54, 1.807) is 0 Å². The Balaban J connectivity index is 2.07. The van der Waals surface area contributed by atoms with Gasteiger partial charge in [-0.3, -0.25) is 4.79 Å². The molecule has 4 N–H and O–H groups in total. The highest BCUT2D eigenvalue weighted by Gasteiger charge is 2.24. The minimum absolute atomic E-state index is 0.0219. The maximum Gasteiger partial charge on any atom is 0.222 e. The molecule has 2 atom stereocenters. The van der Waals surface area contributed by atoms with Gasteiger partial charge in [0.25, 0.3) is 0 Å². The molecular formula is C15H23N3O. The summed E-state index contributed by atoms with van der Waals surface area (Å²) in [7, 11) is 0. The molecular weight excluding hydrogens is 238 g/mol. The molecule has 4 heteroatoms. The number of rotatable bonds is 4. The van der Waals surface area contributed by atoms with Crippen LogP contribution in [0.2, 0.25) is 0 Å². The van der Waals surface area contributed by atoms with E-state index >= 15 is 0 Å². The number of amides is 1. The second-order valence-electron chi connectivity index (χ2n) is 5.29. The first-order valence-corrected chi connectivity index (χ1v) is 7.01. The number of nitrogens with zero attached hydrogens (tertiary/aromatic N) is 1.